The summed E-state index contributed by atoms with van der Waals surface area (Å²) in [6.45, 7) is 0.957. The molecule has 0 fully saturated rings. The van der Waals surface area contributed by atoms with E-state index >= 15 is 0 Å². The molecule has 0 bridgehead atoms. The molecule has 0 spiro atoms. The van der Waals surface area contributed by atoms with Gasteiger partial charge < -0.3 is 19.8 Å². The number of aromatic amines is 1. The highest BCUT2D eigenvalue weighted by molar-refractivity contribution is 5.85. The largest absolute Gasteiger partial charge is 0.497 e. The molecule has 118 valence electrons. The minimum atomic E-state index is 0.121. The molecule has 1 aliphatic heterocycles. The average molecular weight is 308 g/mol. The second kappa shape index (κ2) is 5.63. The Morgan fingerprint density at radius 2 is 1.74 bits per heavy atom. The zero-order valence-corrected chi connectivity index (χ0v) is 13.3. The van der Waals surface area contributed by atoms with Gasteiger partial charge in [-0.15, -0.1) is 0 Å². The summed E-state index contributed by atoms with van der Waals surface area (Å²) in [5.41, 5.74) is 4.99. The molecule has 0 saturated carbocycles. The third-order valence-corrected chi connectivity index (χ3v) is 4.57. The number of fused-ring (bicyclic) bond motifs is 3. The van der Waals surface area contributed by atoms with E-state index in [4.69, 9.17) is 9.47 Å². The molecule has 2 heterocycles. The van der Waals surface area contributed by atoms with Crippen LogP contribution < -0.4 is 14.8 Å². The predicted octanol–water partition coefficient (Wildman–Crippen LogP) is 3.42. The van der Waals surface area contributed by atoms with Gasteiger partial charge in [-0.25, -0.2) is 0 Å². The van der Waals surface area contributed by atoms with Crippen LogP contribution in [0.1, 0.15) is 22.9 Å². The van der Waals surface area contributed by atoms with Crippen LogP contribution in [0.25, 0.3) is 10.9 Å². The molecule has 0 unspecified atom stereocenters. The Bertz CT molecular complexity index is 831. The van der Waals surface area contributed by atoms with Crippen molar-refractivity contribution in [2.24, 2.45) is 0 Å². The molecule has 0 saturated heterocycles. The first-order valence-corrected chi connectivity index (χ1v) is 7.86. The molecule has 0 radical (unpaired) electrons. The van der Waals surface area contributed by atoms with E-state index in [1.165, 1.54) is 22.2 Å². The Hall–Kier alpha value is -2.46. The maximum atomic E-state index is 5.42. The lowest BCUT2D eigenvalue weighted by Crippen LogP contribution is -2.30. The molecule has 0 aliphatic carbocycles. The van der Waals surface area contributed by atoms with Crippen LogP contribution in [0.5, 0.6) is 11.5 Å². The maximum absolute atomic E-state index is 5.42. The van der Waals surface area contributed by atoms with E-state index < -0.39 is 0 Å². The summed E-state index contributed by atoms with van der Waals surface area (Å²) < 4.78 is 10.8. The first kappa shape index (κ1) is 14.2. The first-order chi connectivity index (χ1) is 11.3. The van der Waals surface area contributed by atoms with E-state index in [1.807, 2.05) is 6.07 Å². The zero-order valence-electron chi connectivity index (χ0n) is 13.3. The van der Waals surface area contributed by atoms with Gasteiger partial charge in [0.15, 0.2) is 0 Å². The van der Waals surface area contributed by atoms with Crippen molar-refractivity contribution in [3.63, 3.8) is 0 Å². The number of benzene rings is 2. The lowest BCUT2D eigenvalue weighted by Gasteiger charge is -2.25. The smallest absolute Gasteiger partial charge is 0.122 e. The van der Waals surface area contributed by atoms with Crippen LogP contribution in [-0.4, -0.2) is 25.7 Å². The van der Waals surface area contributed by atoms with Crippen LogP contribution in [0.15, 0.2) is 42.5 Å². The van der Waals surface area contributed by atoms with Gasteiger partial charge >= 0.3 is 0 Å². The second-order valence-corrected chi connectivity index (χ2v) is 5.85. The van der Waals surface area contributed by atoms with Gasteiger partial charge in [-0.1, -0.05) is 18.2 Å². The third kappa shape index (κ3) is 2.35. The van der Waals surface area contributed by atoms with Crippen LogP contribution in [0.2, 0.25) is 0 Å². The molecule has 2 N–H and O–H groups in total. The number of rotatable bonds is 3. The quantitative estimate of drug-likeness (QED) is 0.779. The van der Waals surface area contributed by atoms with Gasteiger partial charge in [0.1, 0.15) is 11.5 Å². The predicted molar refractivity (Wildman–Crippen MR) is 91.4 cm³/mol. The number of hydrogen-bond acceptors (Lipinski definition) is 3. The minimum absolute atomic E-state index is 0.121. The highest BCUT2D eigenvalue weighted by Gasteiger charge is 2.25. The molecule has 23 heavy (non-hydrogen) atoms. The summed E-state index contributed by atoms with van der Waals surface area (Å²) in [6.07, 6.45) is 1.04. The number of methoxy groups -OCH3 is 2. The van der Waals surface area contributed by atoms with Gasteiger partial charge in [0, 0.05) is 29.2 Å². The van der Waals surface area contributed by atoms with E-state index in [2.05, 4.69) is 46.7 Å². The lowest BCUT2D eigenvalue weighted by molar-refractivity contribution is 0.392. The van der Waals surface area contributed by atoms with Crippen molar-refractivity contribution >= 4 is 10.9 Å². The number of H-pyrrole nitrogens is 1. The van der Waals surface area contributed by atoms with E-state index in [9.17, 15) is 0 Å². The van der Waals surface area contributed by atoms with Gasteiger partial charge in [0.2, 0.25) is 0 Å². The van der Waals surface area contributed by atoms with Crippen LogP contribution in [-0.2, 0) is 6.42 Å². The first-order valence-electron chi connectivity index (χ1n) is 7.86. The van der Waals surface area contributed by atoms with Gasteiger partial charge in [0.25, 0.3) is 0 Å². The molecular weight excluding hydrogens is 288 g/mol. The summed E-state index contributed by atoms with van der Waals surface area (Å²) in [7, 11) is 3.36. The van der Waals surface area contributed by atoms with Crippen LogP contribution in [0.4, 0.5) is 0 Å². The molecule has 4 heteroatoms. The van der Waals surface area contributed by atoms with Crippen molar-refractivity contribution < 1.29 is 9.47 Å². The summed E-state index contributed by atoms with van der Waals surface area (Å²) in [6, 6.07) is 14.7. The second-order valence-electron chi connectivity index (χ2n) is 5.85. The van der Waals surface area contributed by atoms with Crippen molar-refractivity contribution in [1.29, 1.82) is 0 Å². The van der Waals surface area contributed by atoms with Crippen molar-refractivity contribution in [2.75, 3.05) is 20.8 Å². The van der Waals surface area contributed by atoms with E-state index in [0.29, 0.717) is 0 Å². The summed E-state index contributed by atoms with van der Waals surface area (Å²) in [4.78, 5) is 3.60. The van der Waals surface area contributed by atoms with Crippen LogP contribution in [0.3, 0.4) is 0 Å². The molecule has 3 aromatic rings. The van der Waals surface area contributed by atoms with E-state index in [-0.39, 0.29) is 6.04 Å². The number of para-hydroxylation sites is 1. The average Bonchev–Trinajstić information content (AvgIpc) is 3.00. The Balaban J connectivity index is 1.86. The van der Waals surface area contributed by atoms with Crippen molar-refractivity contribution in [1.82, 2.24) is 10.3 Å². The zero-order chi connectivity index (χ0) is 15.8. The fourth-order valence-corrected chi connectivity index (χ4v) is 3.46. The molecule has 1 aromatic heterocycles. The summed E-state index contributed by atoms with van der Waals surface area (Å²) >= 11 is 0. The van der Waals surface area contributed by atoms with E-state index in [0.717, 1.165) is 30.0 Å². The SMILES string of the molecule is COc1cc(OC)cc([C@@H]2NCCc3c2[nH]c2ccccc32)c1. The van der Waals surface area contributed by atoms with Crippen molar-refractivity contribution in [2.45, 2.75) is 12.5 Å². The molecule has 4 nitrogen and oxygen atoms in total. The fraction of sp³-hybridized carbons (Fsp3) is 0.263. The standard InChI is InChI=1S/C19H20N2O2/c1-22-13-9-12(10-14(11-13)23-2)18-19-16(7-8-20-18)15-5-3-4-6-17(15)21-19/h3-6,9-11,18,20-21H,7-8H2,1-2H3/t18-/m0/s1. The summed E-state index contributed by atoms with van der Waals surface area (Å²) in [5, 5.41) is 4.94. The third-order valence-electron chi connectivity index (χ3n) is 4.57. The monoisotopic (exact) mass is 308 g/mol. The normalized spacial score (nSPS) is 17.0. The van der Waals surface area contributed by atoms with Crippen LogP contribution in [0, 0.1) is 0 Å². The number of ether oxygens (including phenoxy) is 2. The van der Waals surface area contributed by atoms with Gasteiger partial charge in [0.05, 0.1) is 20.3 Å². The molecule has 1 aliphatic rings. The number of nitrogens with one attached hydrogen (secondary N) is 2. The highest BCUT2D eigenvalue weighted by atomic mass is 16.5. The van der Waals surface area contributed by atoms with Gasteiger partial charge in [-0.3, -0.25) is 0 Å². The molecule has 2 aromatic carbocycles. The topological polar surface area (TPSA) is 46.3 Å². The van der Waals surface area contributed by atoms with Gasteiger partial charge in [-0.05, 0) is 35.7 Å². The Kier molecular flexibility index (Phi) is 3.46. The Morgan fingerprint density at radius 3 is 2.48 bits per heavy atom. The van der Waals surface area contributed by atoms with E-state index in [1.54, 1.807) is 14.2 Å². The van der Waals surface area contributed by atoms with Crippen molar-refractivity contribution in [3.8, 4) is 11.5 Å². The molecular formula is C19H20N2O2. The number of hydrogen-bond donors (Lipinski definition) is 2. The molecule has 1 atom stereocenters. The maximum Gasteiger partial charge on any atom is 0.122 e. The minimum Gasteiger partial charge on any atom is -0.497 e. The lowest BCUT2D eigenvalue weighted by atomic mass is 9.94. The van der Waals surface area contributed by atoms with Crippen LogP contribution >= 0.6 is 0 Å². The Morgan fingerprint density at radius 1 is 1.00 bits per heavy atom. The highest BCUT2D eigenvalue weighted by Crippen LogP contribution is 2.36. The fourth-order valence-electron chi connectivity index (χ4n) is 3.46. The van der Waals surface area contributed by atoms with Gasteiger partial charge in [-0.2, -0.15) is 0 Å². The molecule has 0 amide bonds. The Labute approximate surface area is 135 Å². The number of aromatic nitrogens is 1. The summed E-state index contributed by atoms with van der Waals surface area (Å²) in [5.74, 6) is 1.62. The molecule has 4 rings (SSSR count). The van der Waals surface area contributed by atoms with Crippen molar-refractivity contribution in [3.05, 3.63) is 59.3 Å².